The third-order valence-electron chi connectivity index (χ3n) is 2.14. The lowest BCUT2D eigenvalue weighted by Gasteiger charge is -2.07. The summed E-state index contributed by atoms with van der Waals surface area (Å²) in [4.78, 5) is 12.6. The maximum Gasteiger partial charge on any atom is 0.319 e. The quantitative estimate of drug-likeness (QED) is 0.610. The van der Waals surface area contributed by atoms with E-state index in [2.05, 4.69) is 17.6 Å². The van der Waals surface area contributed by atoms with Crippen molar-refractivity contribution in [1.29, 1.82) is 0 Å². The van der Waals surface area contributed by atoms with Crippen LogP contribution in [0, 0.1) is 0 Å². The molecule has 0 spiro atoms. The number of urea groups is 1. The minimum Gasteiger partial charge on any atom is -0.338 e. The van der Waals surface area contributed by atoms with E-state index in [4.69, 9.17) is 0 Å². The van der Waals surface area contributed by atoms with Gasteiger partial charge < -0.3 is 10.6 Å². The molecular weight excluding hydrogens is 220 g/mol. The van der Waals surface area contributed by atoms with Crippen LogP contribution in [0.2, 0.25) is 0 Å². The van der Waals surface area contributed by atoms with E-state index in [9.17, 15) is 4.79 Å². The number of thioether (sulfide) groups is 1. The molecule has 2 N–H and O–H groups in total. The van der Waals surface area contributed by atoms with Crippen molar-refractivity contribution in [3.8, 4) is 0 Å². The van der Waals surface area contributed by atoms with Crippen molar-refractivity contribution in [2.75, 3.05) is 18.1 Å². The Kier molecular flexibility index (Phi) is 5.78. The maximum absolute atomic E-state index is 11.5. The fraction of sp³-hybridized carbons (Fsp3) is 0.417. The largest absolute Gasteiger partial charge is 0.338 e. The number of amides is 2. The van der Waals surface area contributed by atoms with Gasteiger partial charge in [-0.25, -0.2) is 4.79 Å². The molecule has 0 aromatic heterocycles. The Labute approximate surface area is 101 Å². The van der Waals surface area contributed by atoms with Gasteiger partial charge in [-0.1, -0.05) is 19.4 Å². The zero-order valence-electron chi connectivity index (χ0n) is 9.75. The summed E-state index contributed by atoms with van der Waals surface area (Å²) in [5.41, 5.74) is 0.834. The van der Waals surface area contributed by atoms with E-state index in [-0.39, 0.29) is 6.03 Å². The Morgan fingerprint density at radius 2 is 2.25 bits per heavy atom. The van der Waals surface area contributed by atoms with Crippen molar-refractivity contribution >= 4 is 23.5 Å². The van der Waals surface area contributed by atoms with Crippen LogP contribution in [0.4, 0.5) is 10.5 Å². The van der Waals surface area contributed by atoms with Crippen molar-refractivity contribution in [3.63, 3.8) is 0 Å². The van der Waals surface area contributed by atoms with Gasteiger partial charge in [-0.05, 0) is 30.9 Å². The van der Waals surface area contributed by atoms with Gasteiger partial charge in [0.1, 0.15) is 0 Å². The molecule has 1 aromatic carbocycles. The van der Waals surface area contributed by atoms with Crippen LogP contribution in [0.3, 0.4) is 0 Å². The molecule has 1 aromatic rings. The zero-order chi connectivity index (χ0) is 11.8. The first-order chi connectivity index (χ1) is 7.76. The number of hydrogen-bond acceptors (Lipinski definition) is 2. The van der Waals surface area contributed by atoms with Crippen molar-refractivity contribution in [3.05, 3.63) is 24.3 Å². The number of rotatable bonds is 5. The van der Waals surface area contributed by atoms with E-state index in [1.165, 1.54) is 0 Å². The van der Waals surface area contributed by atoms with Crippen LogP contribution >= 0.6 is 11.8 Å². The van der Waals surface area contributed by atoms with Crippen LogP contribution in [0.5, 0.6) is 0 Å². The molecule has 0 bridgehead atoms. The molecule has 4 heteroatoms. The van der Waals surface area contributed by atoms with E-state index in [1.54, 1.807) is 11.8 Å². The van der Waals surface area contributed by atoms with E-state index in [0.29, 0.717) is 0 Å². The SMILES string of the molecule is CCCCNC(=O)Nc1cccc(SC)c1. The lowest BCUT2D eigenvalue weighted by molar-refractivity contribution is 0.252. The smallest absolute Gasteiger partial charge is 0.319 e. The van der Waals surface area contributed by atoms with Gasteiger partial charge in [0.2, 0.25) is 0 Å². The molecule has 0 heterocycles. The fourth-order valence-electron chi connectivity index (χ4n) is 1.25. The highest BCUT2D eigenvalue weighted by Gasteiger charge is 2.00. The molecule has 0 aliphatic rings. The van der Waals surface area contributed by atoms with E-state index >= 15 is 0 Å². The molecular formula is C12H18N2OS. The second kappa shape index (κ2) is 7.17. The number of unbranched alkanes of at least 4 members (excludes halogenated alkanes) is 1. The number of anilines is 1. The van der Waals surface area contributed by atoms with Crippen LogP contribution in [0.25, 0.3) is 0 Å². The second-order valence-electron chi connectivity index (χ2n) is 3.47. The van der Waals surface area contributed by atoms with Gasteiger partial charge in [0, 0.05) is 17.1 Å². The van der Waals surface area contributed by atoms with E-state index in [0.717, 1.165) is 30.0 Å². The molecule has 0 saturated carbocycles. The van der Waals surface area contributed by atoms with Gasteiger partial charge in [-0.3, -0.25) is 0 Å². The number of hydrogen-bond donors (Lipinski definition) is 2. The van der Waals surface area contributed by atoms with E-state index in [1.807, 2.05) is 30.5 Å². The summed E-state index contributed by atoms with van der Waals surface area (Å²) >= 11 is 1.66. The number of benzene rings is 1. The average Bonchev–Trinajstić information content (AvgIpc) is 2.29. The van der Waals surface area contributed by atoms with Gasteiger partial charge in [0.05, 0.1) is 0 Å². The first kappa shape index (κ1) is 12.9. The minimum atomic E-state index is -0.133. The maximum atomic E-state index is 11.5. The summed E-state index contributed by atoms with van der Waals surface area (Å²) in [5.74, 6) is 0. The third kappa shape index (κ3) is 4.57. The van der Waals surface area contributed by atoms with Gasteiger partial charge in [-0.2, -0.15) is 0 Å². The molecule has 0 unspecified atom stereocenters. The lowest BCUT2D eigenvalue weighted by Crippen LogP contribution is -2.29. The molecule has 16 heavy (non-hydrogen) atoms. The molecule has 2 amide bonds. The molecule has 0 radical (unpaired) electrons. The first-order valence-corrected chi connectivity index (χ1v) is 6.67. The number of carbonyl (C=O) groups is 1. The lowest BCUT2D eigenvalue weighted by atomic mass is 10.3. The fourth-order valence-corrected chi connectivity index (χ4v) is 1.71. The van der Waals surface area contributed by atoms with Crippen LogP contribution < -0.4 is 10.6 Å². The van der Waals surface area contributed by atoms with Gasteiger partial charge in [0.15, 0.2) is 0 Å². The van der Waals surface area contributed by atoms with Crippen LogP contribution in [0.15, 0.2) is 29.2 Å². The Morgan fingerprint density at radius 3 is 2.94 bits per heavy atom. The van der Waals surface area contributed by atoms with Gasteiger partial charge >= 0.3 is 6.03 Å². The predicted octanol–water partition coefficient (Wildman–Crippen LogP) is 3.33. The van der Waals surface area contributed by atoms with Crippen molar-refractivity contribution in [2.45, 2.75) is 24.7 Å². The molecule has 0 atom stereocenters. The zero-order valence-corrected chi connectivity index (χ0v) is 10.6. The summed E-state index contributed by atoms with van der Waals surface area (Å²) in [6, 6.07) is 7.67. The standard InChI is InChI=1S/C12H18N2OS/c1-3-4-8-13-12(15)14-10-6-5-7-11(9-10)16-2/h5-7,9H,3-4,8H2,1-2H3,(H2,13,14,15). The van der Waals surface area contributed by atoms with Crippen LogP contribution in [0.1, 0.15) is 19.8 Å². The Hall–Kier alpha value is -1.16. The predicted molar refractivity (Wildman–Crippen MR) is 70.2 cm³/mol. The molecule has 3 nitrogen and oxygen atoms in total. The summed E-state index contributed by atoms with van der Waals surface area (Å²) in [5, 5.41) is 5.62. The highest BCUT2D eigenvalue weighted by Crippen LogP contribution is 2.18. The molecule has 88 valence electrons. The summed E-state index contributed by atoms with van der Waals surface area (Å²) < 4.78 is 0. The molecule has 0 aliphatic carbocycles. The highest BCUT2D eigenvalue weighted by molar-refractivity contribution is 7.98. The normalized spacial score (nSPS) is 9.88. The van der Waals surface area contributed by atoms with Gasteiger partial charge in [0.25, 0.3) is 0 Å². The van der Waals surface area contributed by atoms with Crippen molar-refractivity contribution in [1.82, 2.24) is 5.32 Å². The highest BCUT2D eigenvalue weighted by atomic mass is 32.2. The van der Waals surface area contributed by atoms with Gasteiger partial charge in [-0.15, -0.1) is 11.8 Å². The Bertz CT molecular complexity index is 342. The molecule has 0 aliphatic heterocycles. The monoisotopic (exact) mass is 238 g/mol. The summed E-state index contributed by atoms with van der Waals surface area (Å²) in [7, 11) is 0. The van der Waals surface area contributed by atoms with Crippen LogP contribution in [-0.2, 0) is 0 Å². The third-order valence-corrected chi connectivity index (χ3v) is 2.87. The molecule has 0 fully saturated rings. The second-order valence-corrected chi connectivity index (χ2v) is 4.35. The van der Waals surface area contributed by atoms with Crippen molar-refractivity contribution < 1.29 is 4.79 Å². The topological polar surface area (TPSA) is 41.1 Å². The molecule has 0 saturated heterocycles. The average molecular weight is 238 g/mol. The number of nitrogens with one attached hydrogen (secondary N) is 2. The first-order valence-electron chi connectivity index (χ1n) is 5.45. The molecule has 1 rings (SSSR count). The summed E-state index contributed by atoms with van der Waals surface area (Å²) in [6.07, 6.45) is 4.11. The Balaban J connectivity index is 2.43. The van der Waals surface area contributed by atoms with Crippen molar-refractivity contribution in [2.24, 2.45) is 0 Å². The minimum absolute atomic E-state index is 0.133. The number of carbonyl (C=O) groups excluding carboxylic acids is 1. The Morgan fingerprint density at radius 1 is 1.44 bits per heavy atom. The van der Waals surface area contributed by atoms with Crippen LogP contribution in [-0.4, -0.2) is 18.8 Å². The van der Waals surface area contributed by atoms with E-state index < -0.39 is 0 Å². The summed E-state index contributed by atoms with van der Waals surface area (Å²) in [6.45, 7) is 2.83.